The number of rotatable bonds is 4. The summed E-state index contributed by atoms with van der Waals surface area (Å²) in [6.45, 7) is 9.37. The Bertz CT molecular complexity index is 519. The topological polar surface area (TPSA) is 23.6 Å². The van der Waals surface area contributed by atoms with E-state index in [0.29, 0.717) is 30.2 Å². The van der Waals surface area contributed by atoms with Crippen LogP contribution in [-0.4, -0.2) is 41.9 Å². The molecule has 1 heterocycles. The van der Waals surface area contributed by atoms with Crippen molar-refractivity contribution in [3.63, 3.8) is 0 Å². The Hall–Kier alpha value is -1.13. The molecule has 0 atom stereocenters. The lowest BCUT2D eigenvalue weighted by Gasteiger charge is -2.38. The largest absolute Gasteiger partial charge is 0.340 e. The van der Waals surface area contributed by atoms with Gasteiger partial charge in [0, 0.05) is 48.7 Å². The lowest BCUT2D eigenvalue weighted by Crippen LogP contribution is -2.51. The average Bonchev–Trinajstić information content (AvgIpc) is 2.51. The van der Waals surface area contributed by atoms with E-state index in [4.69, 9.17) is 11.6 Å². The predicted octanol–water partition coefficient (Wildman–Crippen LogP) is 3.56. The van der Waals surface area contributed by atoms with E-state index in [9.17, 15) is 9.18 Å². The highest BCUT2D eigenvalue weighted by Gasteiger charge is 2.32. The summed E-state index contributed by atoms with van der Waals surface area (Å²) in [6, 6.07) is 4.76. The number of halogens is 2. The maximum Gasteiger partial charge on any atom is 0.228 e. The summed E-state index contributed by atoms with van der Waals surface area (Å²) >= 11 is 6.08. The van der Waals surface area contributed by atoms with E-state index in [2.05, 4.69) is 4.90 Å². The summed E-state index contributed by atoms with van der Waals surface area (Å²) in [5.41, 5.74) is 0.231. The van der Waals surface area contributed by atoms with Gasteiger partial charge in [-0.2, -0.15) is 0 Å². The molecule has 0 bridgehead atoms. The van der Waals surface area contributed by atoms with Gasteiger partial charge < -0.3 is 4.90 Å². The van der Waals surface area contributed by atoms with Crippen LogP contribution in [0.2, 0.25) is 5.02 Å². The van der Waals surface area contributed by atoms with Crippen LogP contribution in [0.3, 0.4) is 0 Å². The Morgan fingerprint density at radius 1 is 1.27 bits per heavy atom. The minimum absolute atomic E-state index is 0.207. The van der Waals surface area contributed by atoms with Gasteiger partial charge in [0.15, 0.2) is 0 Å². The van der Waals surface area contributed by atoms with Gasteiger partial charge in [-0.25, -0.2) is 4.39 Å². The van der Waals surface area contributed by atoms with Crippen molar-refractivity contribution in [1.29, 1.82) is 0 Å². The van der Waals surface area contributed by atoms with E-state index in [1.807, 2.05) is 25.7 Å². The second-order valence-electron chi connectivity index (χ2n) is 6.51. The molecular weight excluding hydrogens is 303 g/mol. The van der Waals surface area contributed by atoms with Crippen molar-refractivity contribution in [2.75, 3.05) is 26.2 Å². The first-order valence-electron chi connectivity index (χ1n) is 7.80. The zero-order valence-electron chi connectivity index (χ0n) is 13.5. The molecule has 1 aliphatic rings. The van der Waals surface area contributed by atoms with E-state index in [1.165, 1.54) is 6.07 Å². The normalized spacial score (nSPS) is 16.9. The molecule has 0 aliphatic carbocycles. The highest BCUT2D eigenvalue weighted by molar-refractivity contribution is 6.31. The van der Waals surface area contributed by atoms with Gasteiger partial charge in [0.05, 0.1) is 0 Å². The molecule has 1 fully saturated rings. The minimum Gasteiger partial charge on any atom is -0.340 e. The maximum absolute atomic E-state index is 13.8. The molecule has 1 saturated heterocycles. The third kappa shape index (κ3) is 3.79. The van der Waals surface area contributed by atoms with Crippen LogP contribution in [0.5, 0.6) is 0 Å². The highest BCUT2D eigenvalue weighted by atomic mass is 35.5. The molecule has 0 saturated carbocycles. The van der Waals surface area contributed by atoms with Crippen LogP contribution in [0.25, 0.3) is 0 Å². The SMILES string of the molecule is CCC(C)(C)C(=O)N1CCN(Cc2c(F)cccc2Cl)CC1. The van der Waals surface area contributed by atoms with Crippen molar-refractivity contribution in [3.05, 3.63) is 34.6 Å². The van der Waals surface area contributed by atoms with Gasteiger partial charge in [-0.15, -0.1) is 0 Å². The first-order valence-corrected chi connectivity index (χ1v) is 8.17. The number of hydrogen-bond acceptors (Lipinski definition) is 2. The molecule has 1 aromatic carbocycles. The number of carbonyl (C=O) groups excluding carboxylic acids is 1. The average molecular weight is 327 g/mol. The second-order valence-corrected chi connectivity index (χ2v) is 6.91. The Kier molecular flexibility index (Phi) is 5.45. The Morgan fingerprint density at radius 3 is 2.45 bits per heavy atom. The zero-order valence-corrected chi connectivity index (χ0v) is 14.3. The molecule has 1 amide bonds. The number of benzene rings is 1. The summed E-state index contributed by atoms with van der Waals surface area (Å²) in [5, 5.41) is 0.464. The molecule has 1 aromatic rings. The third-order valence-electron chi connectivity index (χ3n) is 4.57. The fraction of sp³-hybridized carbons (Fsp3) is 0.588. The molecular formula is C17H24ClFN2O. The summed E-state index contributed by atoms with van der Waals surface area (Å²) in [4.78, 5) is 16.5. The molecule has 122 valence electrons. The van der Waals surface area contributed by atoms with Crippen LogP contribution in [0.4, 0.5) is 4.39 Å². The van der Waals surface area contributed by atoms with Crippen molar-refractivity contribution in [2.45, 2.75) is 33.7 Å². The van der Waals surface area contributed by atoms with Crippen molar-refractivity contribution in [1.82, 2.24) is 9.80 Å². The molecule has 2 rings (SSSR count). The molecule has 22 heavy (non-hydrogen) atoms. The molecule has 1 aliphatic heterocycles. The summed E-state index contributed by atoms with van der Waals surface area (Å²) < 4.78 is 13.8. The second kappa shape index (κ2) is 6.97. The molecule has 5 heteroatoms. The van der Waals surface area contributed by atoms with E-state index in [-0.39, 0.29) is 17.1 Å². The standard InChI is InChI=1S/C17H24ClFN2O/c1-4-17(2,3)16(22)21-10-8-20(9-11-21)12-13-14(18)6-5-7-15(13)19/h5-7H,4,8-12H2,1-3H3. The molecule has 3 nitrogen and oxygen atoms in total. The number of piperazine rings is 1. The van der Waals surface area contributed by atoms with Crippen LogP contribution in [0, 0.1) is 11.2 Å². The summed E-state index contributed by atoms with van der Waals surface area (Å²) in [6.07, 6.45) is 0.830. The molecule has 0 unspecified atom stereocenters. The van der Waals surface area contributed by atoms with Gasteiger partial charge in [-0.3, -0.25) is 9.69 Å². The third-order valence-corrected chi connectivity index (χ3v) is 4.92. The van der Waals surface area contributed by atoms with Crippen LogP contribution in [0.15, 0.2) is 18.2 Å². The van der Waals surface area contributed by atoms with Gasteiger partial charge in [-0.1, -0.05) is 38.4 Å². The van der Waals surface area contributed by atoms with Gasteiger partial charge in [0.2, 0.25) is 5.91 Å². The van der Waals surface area contributed by atoms with Gasteiger partial charge in [0.1, 0.15) is 5.82 Å². The van der Waals surface area contributed by atoms with Crippen LogP contribution in [0.1, 0.15) is 32.8 Å². The summed E-state index contributed by atoms with van der Waals surface area (Å²) in [7, 11) is 0. The quantitative estimate of drug-likeness (QED) is 0.844. The predicted molar refractivity (Wildman–Crippen MR) is 87.3 cm³/mol. The van der Waals surface area contributed by atoms with Crippen molar-refractivity contribution < 1.29 is 9.18 Å². The van der Waals surface area contributed by atoms with E-state index in [1.54, 1.807) is 12.1 Å². The fourth-order valence-electron chi connectivity index (χ4n) is 2.60. The van der Waals surface area contributed by atoms with Crippen molar-refractivity contribution in [3.8, 4) is 0 Å². The lowest BCUT2D eigenvalue weighted by molar-refractivity contribution is -0.142. The van der Waals surface area contributed by atoms with E-state index < -0.39 is 0 Å². The number of hydrogen-bond donors (Lipinski definition) is 0. The Labute approximate surface area is 137 Å². The molecule has 0 radical (unpaired) electrons. The minimum atomic E-state index is -0.309. The smallest absolute Gasteiger partial charge is 0.228 e. The maximum atomic E-state index is 13.8. The van der Waals surface area contributed by atoms with Gasteiger partial charge in [-0.05, 0) is 18.6 Å². The Morgan fingerprint density at radius 2 is 1.91 bits per heavy atom. The molecule has 0 aromatic heterocycles. The van der Waals surface area contributed by atoms with Crippen molar-refractivity contribution in [2.24, 2.45) is 5.41 Å². The first-order chi connectivity index (χ1) is 10.3. The number of nitrogens with zero attached hydrogens (tertiary/aromatic N) is 2. The van der Waals surface area contributed by atoms with Crippen LogP contribution < -0.4 is 0 Å². The van der Waals surface area contributed by atoms with E-state index in [0.717, 1.165) is 19.5 Å². The zero-order chi connectivity index (χ0) is 16.3. The van der Waals surface area contributed by atoms with Gasteiger partial charge in [0.25, 0.3) is 0 Å². The van der Waals surface area contributed by atoms with Gasteiger partial charge >= 0.3 is 0 Å². The van der Waals surface area contributed by atoms with Crippen molar-refractivity contribution >= 4 is 17.5 Å². The summed E-state index contributed by atoms with van der Waals surface area (Å²) in [5.74, 6) is -0.0586. The fourth-order valence-corrected chi connectivity index (χ4v) is 2.82. The molecule has 0 spiro atoms. The van der Waals surface area contributed by atoms with E-state index >= 15 is 0 Å². The van der Waals surface area contributed by atoms with Crippen LogP contribution >= 0.6 is 11.6 Å². The first kappa shape index (κ1) is 17.2. The molecule has 0 N–H and O–H groups in total. The number of carbonyl (C=O) groups is 1. The monoisotopic (exact) mass is 326 g/mol. The Balaban J connectivity index is 1.94. The lowest BCUT2D eigenvalue weighted by atomic mass is 9.88. The van der Waals surface area contributed by atoms with Crippen LogP contribution in [-0.2, 0) is 11.3 Å². The number of amides is 1. The highest BCUT2D eigenvalue weighted by Crippen LogP contribution is 2.25.